The zero-order chi connectivity index (χ0) is 18.4. The van der Waals surface area contributed by atoms with Crippen LogP contribution in [0, 0.1) is 17.1 Å². The molecule has 1 aromatic rings. The molecule has 5 nitrogen and oxygen atoms in total. The van der Waals surface area contributed by atoms with Crippen molar-refractivity contribution in [1.82, 2.24) is 4.90 Å². The average molecular weight is 346 g/mol. The Morgan fingerprint density at radius 2 is 1.96 bits per heavy atom. The van der Waals surface area contributed by atoms with E-state index in [1.165, 1.54) is 12.1 Å². The number of carbonyl (C=O) groups excluding carboxylic acids is 1. The molecule has 2 atom stereocenters. The molecule has 1 aromatic carbocycles. The highest BCUT2D eigenvalue weighted by Gasteiger charge is 2.51. The van der Waals surface area contributed by atoms with E-state index in [1.807, 2.05) is 20.8 Å². The predicted octanol–water partition coefficient (Wildman–Crippen LogP) is 3.45. The molecule has 25 heavy (non-hydrogen) atoms. The monoisotopic (exact) mass is 346 g/mol. The largest absolute Gasteiger partial charge is 0.444 e. The predicted molar refractivity (Wildman–Crippen MR) is 89.1 cm³/mol. The molecular formula is C19H23FN2O3. The quantitative estimate of drug-likeness (QED) is 0.845. The Bertz CT molecular complexity index is 721. The standard InChI is InChI=1S/C19H23FN2O3/c1-18(2,3)25-17(23)22-14-6-7-15(22)10-19(24,9-14)13-5-4-12(11-21)16(20)8-13/h4-5,8,14-15,24H,6-7,9-10H2,1-3H3. The van der Waals surface area contributed by atoms with Crippen LogP contribution in [0.2, 0.25) is 0 Å². The maximum Gasteiger partial charge on any atom is 0.410 e. The van der Waals surface area contributed by atoms with E-state index in [2.05, 4.69) is 0 Å². The Labute approximate surface area is 147 Å². The number of nitrogens with zero attached hydrogens (tertiary/aromatic N) is 2. The second kappa shape index (κ2) is 5.99. The van der Waals surface area contributed by atoms with Gasteiger partial charge >= 0.3 is 6.09 Å². The van der Waals surface area contributed by atoms with Gasteiger partial charge < -0.3 is 14.7 Å². The Morgan fingerprint density at radius 1 is 1.36 bits per heavy atom. The van der Waals surface area contributed by atoms with Gasteiger partial charge in [-0.05, 0) is 51.3 Å². The first-order valence-corrected chi connectivity index (χ1v) is 8.57. The van der Waals surface area contributed by atoms with Crippen LogP contribution in [0.5, 0.6) is 0 Å². The lowest BCUT2D eigenvalue weighted by atomic mass is 9.80. The summed E-state index contributed by atoms with van der Waals surface area (Å²) in [6, 6.07) is 5.76. The summed E-state index contributed by atoms with van der Waals surface area (Å²) in [7, 11) is 0. The Morgan fingerprint density at radius 3 is 2.44 bits per heavy atom. The molecule has 0 radical (unpaired) electrons. The molecule has 2 aliphatic rings. The highest BCUT2D eigenvalue weighted by atomic mass is 19.1. The normalized spacial score (nSPS) is 28.6. The fourth-order valence-electron chi connectivity index (χ4n) is 3.97. The second-order valence-corrected chi connectivity index (χ2v) is 8.02. The molecule has 2 bridgehead atoms. The topological polar surface area (TPSA) is 73.6 Å². The molecule has 134 valence electrons. The van der Waals surface area contributed by atoms with Gasteiger partial charge in [0.1, 0.15) is 17.5 Å². The van der Waals surface area contributed by atoms with E-state index in [9.17, 15) is 14.3 Å². The van der Waals surface area contributed by atoms with Gasteiger partial charge in [-0.2, -0.15) is 5.26 Å². The van der Waals surface area contributed by atoms with Gasteiger partial charge in [0, 0.05) is 24.9 Å². The Hall–Kier alpha value is -2.13. The number of ether oxygens (including phenoxy) is 1. The number of aliphatic hydroxyl groups is 1. The van der Waals surface area contributed by atoms with Gasteiger partial charge in [0.05, 0.1) is 11.2 Å². The van der Waals surface area contributed by atoms with Crippen molar-refractivity contribution in [3.05, 3.63) is 35.1 Å². The maximum absolute atomic E-state index is 14.0. The number of benzene rings is 1. The van der Waals surface area contributed by atoms with E-state index in [1.54, 1.807) is 17.0 Å². The van der Waals surface area contributed by atoms with Crippen LogP contribution < -0.4 is 0 Å². The third kappa shape index (κ3) is 3.34. The summed E-state index contributed by atoms with van der Waals surface area (Å²) in [4.78, 5) is 14.2. The number of nitriles is 1. The van der Waals surface area contributed by atoms with Crippen molar-refractivity contribution in [3.8, 4) is 6.07 Å². The number of halogens is 1. The zero-order valence-corrected chi connectivity index (χ0v) is 14.8. The molecule has 0 spiro atoms. The third-order valence-corrected chi connectivity index (χ3v) is 5.00. The minimum absolute atomic E-state index is 0.0403. The lowest BCUT2D eigenvalue weighted by Crippen LogP contribution is -2.53. The van der Waals surface area contributed by atoms with Crippen molar-refractivity contribution in [2.75, 3.05) is 0 Å². The number of hydrogen-bond donors (Lipinski definition) is 1. The van der Waals surface area contributed by atoms with Gasteiger partial charge in [0.15, 0.2) is 0 Å². The number of fused-ring (bicyclic) bond motifs is 2. The van der Waals surface area contributed by atoms with Gasteiger partial charge in [0.2, 0.25) is 0 Å². The first-order valence-electron chi connectivity index (χ1n) is 8.57. The van der Waals surface area contributed by atoms with Crippen molar-refractivity contribution in [2.24, 2.45) is 0 Å². The fraction of sp³-hybridized carbons (Fsp3) is 0.579. The number of amides is 1. The number of carbonyl (C=O) groups is 1. The molecule has 6 heteroatoms. The molecule has 0 aliphatic carbocycles. The van der Waals surface area contributed by atoms with Gasteiger partial charge in [-0.3, -0.25) is 0 Å². The van der Waals surface area contributed by atoms with E-state index < -0.39 is 17.0 Å². The van der Waals surface area contributed by atoms with Crippen LogP contribution in [0.1, 0.15) is 57.6 Å². The van der Waals surface area contributed by atoms with E-state index in [0.29, 0.717) is 18.4 Å². The van der Waals surface area contributed by atoms with E-state index in [-0.39, 0.29) is 23.7 Å². The molecule has 2 saturated heterocycles. The Balaban J connectivity index is 1.82. The van der Waals surface area contributed by atoms with Gasteiger partial charge in [0.25, 0.3) is 0 Å². The van der Waals surface area contributed by atoms with E-state index >= 15 is 0 Å². The average Bonchev–Trinajstić information content (AvgIpc) is 2.78. The minimum atomic E-state index is -1.20. The number of piperidine rings is 1. The van der Waals surface area contributed by atoms with Crippen LogP contribution in [0.15, 0.2) is 18.2 Å². The van der Waals surface area contributed by atoms with Crippen molar-refractivity contribution in [2.45, 2.75) is 69.7 Å². The van der Waals surface area contributed by atoms with Crippen LogP contribution >= 0.6 is 0 Å². The van der Waals surface area contributed by atoms with Gasteiger partial charge in [-0.15, -0.1) is 0 Å². The highest BCUT2D eigenvalue weighted by Crippen LogP contribution is 2.46. The maximum atomic E-state index is 14.0. The van der Waals surface area contributed by atoms with Crippen molar-refractivity contribution < 1.29 is 19.0 Å². The van der Waals surface area contributed by atoms with Crippen LogP contribution in [0.4, 0.5) is 9.18 Å². The molecule has 2 unspecified atom stereocenters. The van der Waals surface area contributed by atoms with Crippen LogP contribution in [0.3, 0.4) is 0 Å². The summed E-state index contributed by atoms with van der Waals surface area (Å²) in [5, 5.41) is 20.0. The first kappa shape index (κ1) is 17.7. The van der Waals surface area contributed by atoms with Crippen molar-refractivity contribution >= 4 is 6.09 Å². The summed E-state index contributed by atoms with van der Waals surface area (Å²) in [6.45, 7) is 5.48. The fourth-order valence-corrected chi connectivity index (χ4v) is 3.97. The SMILES string of the molecule is CC(C)(C)OC(=O)N1C2CCC1CC(O)(c1ccc(C#N)c(F)c1)C2. The first-order chi connectivity index (χ1) is 11.6. The molecule has 2 aliphatic heterocycles. The number of rotatable bonds is 1. The summed E-state index contributed by atoms with van der Waals surface area (Å²) in [5.74, 6) is -0.629. The second-order valence-electron chi connectivity index (χ2n) is 8.02. The molecule has 0 saturated carbocycles. The Kier molecular flexibility index (Phi) is 4.24. The van der Waals surface area contributed by atoms with Crippen LogP contribution in [-0.4, -0.2) is 33.8 Å². The summed E-state index contributed by atoms with van der Waals surface area (Å²) in [6.07, 6.45) is 1.92. The van der Waals surface area contributed by atoms with Gasteiger partial charge in [-0.1, -0.05) is 6.07 Å². The molecule has 2 heterocycles. The number of hydrogen-bond acceptors (Lipinski definition) is 4. The highest BCUT2D eigenvalue weighted by molar-refractivity contribution is 5.69. The summed E-state index contributed by atoms with van der Waals surface area (Å²) >= 11 is 0. The third-order valence-electron chi connectivity index (χ3n) is 5.00. The molecule has 1 N–H and O–H groups in total. The molecular weight excluding hydrogens is 323 g/mol. The summed E-state index contributed by atoms with van der Waals surface area (Å²) in [5.41, 5.74) is -1.34. The van der Waals surface area contributed by atoms with Crippen molar-refractivity contribution in [3.63, 3.8) is 0 Å². The molecule has 0 aromatic heterocycles. The lowest BCUT2D eigenvalue weighted by molar-refractivity contribution is -0.0625. The van der Waals surface area contributed by atoms with E-state index in [4.69, 9.17) is 10.00 Å². The van der Waals surface area contributed by atoms with E-state index in [0.717, 1.165) is 12.8 Å². The lowest BCUT2D eigenvalue weighted by Gasteiger charge is -2.44. The summed E-state index contributed by atoms with van der Waals surface area (Å²) < 4.78 is 19.4. The van der Waals surface area contributed by atoms with Crippen molar-refractivity contribution in [1.29, 1.82) is 5.26 Å². The zero-order valence-electron chi connectivity index (χ0n) is 14.8. The minimum Gasteiger partial charge on any atom is -0.444 e. The molecule has 1 amide bonds. The van der Waals surface area contributed by atoms with Gasteiger partial charge in [-0.25, -0.2) is 9.18 Å². The van der Waals surface area contributed by atoms with Crippen LogP contribution in [-0.2, 0) is 10.3 Å². The van der Waals surface area contributed by atoms with Crippen LogP contribution in [0.25, 0.3) is 0 Å². The smallest absolute Gasteiger partial charge is 0.410 e. The molecule has 2 fully saturated rings. The molecule has 3 rings (SSSR count).